The van der Waals surface area contributed by atoms with Crippen LogP contribution in [-0.4, -0.2) is 28.7 Å². The fourth-order valence-corrected chi connectivity index (χ4v) is 4.90. The summed E-state index contributed by atoms with van der Waals surface area (Å²) in [6.45, 7) is 11.3. The molecule has 2 N–H and O–H groups in total. The number of carboxylic acids is 1. The van der Waals surface area contributed by atoms with Crippen LogP contribution in [0.4, 0.5) is 5.69 Å². The predicted octanol–water partition coefficient (Wildman–Crippen LogP) is 5.48. The summed E-state index contributed by atoms with van der Waals surface area (Å²) >= 11 is 1.59. The number of aliphatic carboxylic acids is 1. The van der Waals surface area contributed by atoms with E-state index in [1.165, 1.54) is 11.1 Å². The van der Waals surface area contributed by atoms with Crippen molar-refractivity contribution in [2.45, 2.75) is 38.8 Å². The molecule has 31 heavy (non-hydrogen) atoms. The molecule has 1 aliphatic rings. The van der Waals surface area contributed by atoms with E-state index in [4.69, 9.17) is 16.4 Å². The molecule has 1 atom stereocenters. The maximum absolute atomic E-state index is 10.9. The summed E-state index contributed by atoms with van der Waals surface area (Å²) < 4.78 is 5.72. The zero-order chi connectivity index (χ0) is 22.0. The molecule has 1 heterocycles. The third-order valence-electron chi connectivity index (χ3n) is 5.23. The van der Waals surface area contributed by atoms with E-state index < -0.39 is 5.97 Å². The van der Waals surface area contributed by atoms with E-state index in [9.17, 15) is 4.79 Å². The van der Waals surface area contributed by atoms with E-state index in [1.54, 1.807) is 11.3 Å². The summed E-state index contributed by atoms with van der Waals surface area (Å²) in [6, 6.07) is 11.9. The molecule has 0 fully saturated rings. The van der Waals surface area contributed by atoms with Crippen LogP contribution in [0.25, 0.3) is 25.9 Å². The number of hydrogen-bond donors (Lipinski definition) is 2. The molecule has 1 aromatic heterocycles. The smallest absolute Gasteiger partial charge is 0.317 e. The summed E-state index contributed by atoms with van der Waals surface area (Å²) in [5, 5.41) is 12.9. The molecule has 2 aromatic carbocycles. The summed E-state index contributed by atoms with van der Waals surface area (Å²) in [4.78, 5) is 20.2. The Labute approximate surface area is 185 Å². The minimum Gasteiger partial charge on any atom is -0.502 e. The lowest BCUT2D eigenvalue weighted by atomic mass is 10.0. The highest BCUT2D eigenvalue weighted by atomic mass is 32.1. The van der Waals surface area contributed by atoms with Gasteiger partial charge in [-0.25, -0.2) is 9.83 Å². The third kappa shape index (κ3) is 4.46. The zero-order valence-corrected chi connectivity index (χ0v) is 18.2. The first-order valence-electron chi connectivity index (χ1n) is 10.2. The fourth-order valence-electron chi connectivity index (χ4n) is 3.93. The highest BCUT2D eigenvalue weighted by Gasteiger charge is 2.25. The largest absolute Gasteiger partial charge is 0.502 e. The maximum Gasteiger partial charge on any atom is 0.317 e. The number of rotatable bonds is 7. The fraction of sp³-hybridized carbons (Fsp3) is 0.292. The third-order valence-corrected chi connectivity index (χ3v) is 6.31. The van der Waals surface area contributed by atoms with Crippen LogP contribution in [0.3, 0.4) is 0 Å². The van der Waals surface area contributed by atoms with Gasteiger partial charge >= 0.3 is 5.97 Å². The van der Waals surface area contributed by atoms with E-state index >= 15 is 0 Å². The number of hydrogen-bond acceptors (Lipinski definition) is 5. The first-order valence-corrected chi connectivity index (χ1v) is 11.0. The monoisotopic (exact) mass is 433 g/mol. The Morgan fingerprint density at radius 3 is 2.97 bits per heavy atom. The Morgan fingerprint density at radius 2 is 2.23 bits per heavy atom. The first kappa shape index (κ1) is 21.0. The molecule has 0 saturated carbocycles. The van der Waals surface area contributed by atoms with E-state index in [1.807, 2.05) is 44.3 Å². The molecular weight excluding hydrogens is 410 g/mol. The Morgan fingerprint density at radius 1 is 1.39 bits per heavy atom. The lowest BCUT2D eigenvalue weighted by molar-refractivity contribution is -0.136. The number of nitrogens with zero attached hydrogens (tertiary/aromatic N) is 2. The summed E-state index contributed by atoms with van der Waals surface area (Å²) in [7, 11) is 0. The van der Waals surface area contributed by atoms with Gasteiger partial charge in [0, 0.05) is 17.8 Å². The highest BCUT2D eigenvalue weighted by Crippen LogP contribution is 2.42. The summed E-state index contributed by atoms with van der Waals surface area (Å²) in [6.07, 6.45) is 3.67. The van der Waals surface area contributed by atoms with Gasteiger partial charge < -0.3 is 15.2 Å². The molecule has 0 saturated heterocycles. The number of aromatic nitrogens is 1. The molecular formula is C24H23N3O3S. The van der Waals surface area contributed by atoms with Gasteiger partial charge in [0.15, 0.2) is 0 Å². The zero-order valence-electron chi connectivity index (χ0n) is 17.4. The second kappa shape index (κ2) is 8.88. The van der Waals surface area contributed by atoms with Crippen molar-refractivity contribution in [3.05, 3.63) is 65.1 Å². The number of benzene rings is 2. The van der Waals surface area contributed by atoms with Crippen LogP contribution in [0.2, 0.25) is 0 Å². The van der Waals surface area contributed by atoms with Crippen LogP contribution in [0, 0.1) is 6.57 Å². The summed E-state index contributed by atoms with van der Waals surface area (Å²) in [5.41, 5.74) is 4.94. The molecule has 0 radical (unpaired) electrons. The van der Waals surface area contributed by atoms with Crippen molar-refractivity contribution >= 4 is 23.0 Å². The van der Waals surface area contributed by atoms with Crippen molar-refractivity contribution < 1.29 is 14.6 Å². The SMILES string of the molecule is [C-]#[N+]c1cc(-c2ncc(-c3cccc4c3CC[C@H]4NCC(=O)O)s2)ccc1OC(C)C. The molecule has 0 spiro atoms. The van der Waals surface area contributed by atoms with E-state index in [0.717, 1.165) is 33.9 Å². The Hall–Kier alpha value is -3.21. The average molecular weight is 434 g/mol. The van der Waals surface area contributed by atoms with Gasteiger partial charge in [0.2, 0.25) is 5.69 Å². The first-order chi connectivity index (χ1) is 15.0. The Kier molecular flexibility index (Phi) is 6.03. The maximum atomic E-state index is 10.9. The second-order valence-corrected chi connectivity index (χ2v) is 8.76. The van der Waals surface area contributed by atoms with Crippen molar-refractivity contribution in [2.24, 2.45) is 0 Å². The number of nitrogens with one attached hydrogen (secondary N) is 1. The quantitative estimate of drug-likeness (QED) is 0.483. The average Bonchev–Trinajstić information content (AvgIpc) is 3.39. The molecule has 4 rings (SSSR count). The van der Waals surface area contributed by atoms with Gasteiger partial charge in [-0.15, -0.1) is 11.3 Å². The van der Waals surface area contributed by atoms with Crippen molar-refractivity contribution in [1.82, 2.24) is 10.3 Å². The molecule has 3 aromatic rings. The molecule has 6 nitrogen and oxygen atoms in total. The number of fused-ring (bicyclic) bond motifs is 1. The van der Waals surface area contributed by atoms with Gasteiger partial charge in [-0.3, -0.25) is 4.79 Å². The van der Waals surface area contributed by atoms with Gasteiger partial charge in [0.1, 0.15) is 10.8 Å². The number of ether oxygens (including phenoxy) is 1. The molecule has 7 heteroatoms. The Bertz CT molecular complexity index is 1160. The number of carboxylic acid groups (broad SMARTS) is 1. The lowest BCUT2D eigenvalue weighted by Crippen LogP contribution is -2.25. The molecule has 0 amide bonds. The van der Waals surface area contributed by atoms with Crippen molar-refractivity contribution in [2.75, 3.05) is 6.54 Å². The van der Waals surface area contributed by atoms with Gasteiger partial charge in [0.05, 0.1) is 24.1 Å². The number of carbonyl (C=O) groups is 1. The van der Waals surface area contributed by atoms with Crippen LogP contribution in [0.1, 0.15) is 37.4 Å². The molecule has 0 aliphatic heterocycles. The van der Waals surface area contributed by atoms with Crippen molar-refractivity contribution in [3.63, 3.8) is 0 Å². The van der Waals surface area contributed by atoms with Crippen LogP contribution in [0.5, 0.6) is 5.75 Å². The van der Waals surface area contributed by atoms with Crippen LogP contribution >= 0.6 is 11.3 Å². The van der Waals surface area contributed by atoms with Gasteiger partial charge in [-0.2, -0.15) is 0 Å². The van der Waals surface area contributed by atoms with E-state index in [0.29, 0.717) is 11.4 Å². The second-order valence-electron chi connectivity index (χ2n) is 7.73. The lowest BCUT2D eigenvalue weighted by Gasteiger charge is -2.13. The highest BCUT2D eigenvalue weighted by molar-refractivity contribution is 7.18. The summed E-state index contributed by atoms with van der Waals surface area (Å²) in [5.74, 6) is -0.258. The van der Waals surface area contributed by atoms with Gasteiger partial charge in [-0.05, 0) is 55.5 Å². The number of thiazole rings is 1. The minimum absolute atomic E-state index is 0.00630. The van der Waals surface area contributed by atoms with Crippen LogP contribution < -0.4 is 10.1 Å². The van der Waals surface area contributed by atoms with Crippen LogP contribution in [0.15, 0.2) is 42.6 Å². The van der Waals surface area contributed by atoms with E-state index in [-0.39, 0.29) is 18.7 Å². The molecule has 1 aliphatic carbocycles. The predicted molar refractivity (Wildman–Crippen MR) is 122 cm³/mol. The topological polar surface area (TPSA) is 75.8 Å². The van der Waals surface area contributed by atoms with E-state index in [2.05, 4.69) is 27.3 Å². The van der Waals surface area contributed by atoms with Gasteiger partial charge in [-0.1, -0.05) is 24.3 Å². The minimum atomic E-state index is -0.847. The molecule has 0 bridgehead atoms. The normalized spacial score (nSPS) is 15.0. The van der Waals surface area contributed by atoms with Crippen LogP contribution in [-0.2, 0) is 11.2 Å². The van der Waals surface area contributed by atoms with Crippen molar-refractivity contribution in [3.8, 4) is 26.8 Å². The molecule has 158 valence electrons. The van der Waals surface area contributed by atoms with Gasteiger partial charge in [0.25, 0.3) is 0 Å². The Balaban J connectivity index is 1.62. The van der Waals surface area contributed by atoms with Crippen molar-refractivity contribution in [1.29, 1.82) is 0 Å². The standard InChI is InChI=1S/C24H23N3O3S/c1-14(2)30-21-10-7-15(11-20(21)25-3)24-27-12-22(31-24)18-6-4-5-17-16(18)8-9-19(17)26-13-23(28)29/h4-7,10-12,14,19,26H,8-9,13H2,1-2H3,(H,28,29)/t19-/m1/s1. The molecule has 0 unspecified atom stereocenters.